The van der Waals surface area contributed by atoms with Gasteiger partial charge in [0.25, 0.3) is 5.91 Å². The quantitative estimate of drug-likeness (QED) is 0.906. The highest BCUT2D eigenvalue weighted by Gasteiger charge is 2.26. The lowest BCUT2D eigenvalue weighted by Crippen LogP contribution is -2.39. The summed E-state index contributed by atoms with van der Waals surface area (Å²) in [5, 5.41) is 4.14. The fourth-order valence-electron chi connectivity index (χ4n) is 2.86. The number of carbonyl (C=O) groups is 1. The molecule has 1 aliphatic rings. The van der Waals surface area contributed by atoms with Crippen LogP contribution in [0.25, 0.3) is 0 Å². The van der Waals surface area contributed by atoms with Gasteiger partial charge in [-0.3, -0.25) is 9.48 Å². The minimum atomic E-state index is 0.0341. The molecule has 1 fully saturated rings. The minimum Gasteiger partial charge on any atom is -0.396 e. The molecule has 1 aliphatic heterocycles. The zero-order chi connectivity index (χ0) is 13.8. The third-order valence-corrected chi connectivity index (χ3v) is 3.97. The van der Waals surface area contributed by atoms with E-state index >= 15 is 0 Å². The third kappa shape index (κ3) is 2.91. The number of likely N-dealkylation sites (tertiary alicyclic amines) is 1. The number of nitrogen functional groups attached to an aromatic ring is 1. The molecule has 2 N–H and O–H groups in total. The largest absolute Gasteiger partial charge is 0.396 e. The molecule has 0 aliphatic carbocycles. The van der Waals surface area contributed by atoms with E-state index in [4.69, 9.17) is 5.73 Å². The second kappa shape index (κ2) is 6.08. The van der Waals surface area contributed by atoms with Gasteiger partial charge >= 0.3 is 0 Å². The smallest absolute Gasteiger partial charge is 0.274 e. The second-order valence-electron chi connectivity index (χ2n) is 5.29. The maximum atomic E-state index is 12.5. The Morgan fingerprint density at radius 3 is 2.68 bits per heavy atom. The Kier molecular flexibility index (Phi) is 4.45. The average molecular weight is 264 g/mol. The second-order valence-corrected chi connectivity index (χ2v) is 5.29. The van der Waals surface area contributed by atoms with E-state index in [1.165, 1.54) is 12.8 Å². The van der Waals surface area contributed by atoms with Gasteiger partial charge in [-0.15, -0.1) is 0 Å². The van der Waals surface area contributed by atoms with Crippen LogP contribution in [0.2, 0.25) is 0 Å². The van der Waals surface area contributed by atoms with Gasteiger partial charge < -0.3 is 10.6 Å². The molecule has 2 rings (SSSR count). The highest BCUT2D eigenvalue weighted by atomic mass is 16.2. The van der Waals surface area contributed by atoms with Crippen LogP contribution in [-0.4, -0.2) is 33.7 Å². The van der Waals surface area contributed by atoms with Gasteiger partial charge in [-0.25, -0.2) is 0 Å². The maximum Gasteiger partial charge on any atom is 0.274 e. The molecule has 0 saturated carbocycles. The number of aromatic nitrogens is 2. The number of rotatable bonds is 4. The molecule has 0 spiro atoms. The first-order valence-corrected chi connectivity index (χ1v) is 7.27. The van der Waals surface area contributed by atoms with Crippen LogP contribution < -0.4 is 5.73 Å². The van der Waals surface area contributed by atoms with Crippen molar-refractivity contribution in [3.8, 4) is 0 Å². The van der Waals surface area contributed by atoms with Crippen LogP contribution in [0, 0.1) is 5.92 Å². The van der Waals surface area contributed by atoms with E-state index in [1.54, 1.807) is 10.9 Å². The Morgan fingerprint density at radius 2 is 2.11 bits per heavy atom. The van der Waals surface area contributed by atoms with Crippen molar-refractivity contribution in [2.75, 3.05) is 18.8 Å². The topological polar surface area (TPSA) is 64.2 Å². The highest BCUT2D eigenvalue weighted by Crippen LogP contribution is 2.24. The fourth-order valence-corrected chi connectivity index (χ4v) is 2.86. The lowest BCUT2D eigenvalue weighted by molar-refractivity contribution is 0.0675. The number of anilines is 1. The Hall–Kier alpha value is -1.52. The zero-order valence-corrected chi connectivity index (χ0v) is 11.9. The summed E-state index contributed by atoms with van der Waals surface area (Å²) < 4.78 is 1.69. The number of nitrogens with zero attached hydrogens (tertiary/aromatic N) is 3. The summed E-state index contributed by atoms with van der Waals surface area (Å²) in [6, 6.07) is 0. The standard InChI is InChI=1S/C14H24N4O/c1-3-5-11-6-8-17(9-7-11)14(19)13-12(15)10-16-18(13)4-2/h10-11H,3-9,15H2,1-2H3. The van der Waals surface area contributed by atoms with E-state index in [0.717, 1.165) is 31.8 Å². The summed E-state index contributed by atoms with van der Waals surface area (Å²) in [4.78, 5) is 14.4. The van der Waals surface area contributed by atoms with E-state index in [-0.39, 0.29) is 5.91 Å². The van der Waals surface area contributed by atoms with Crippen molar-refractivity contribution in [1.29, 1.82) is 0 Å². The Morgan fingerprint density at radius 1 is 1.42 bits per heavy atom. The molecule has 0 aromatic carbocycles. The summed E-state index contributed by atoms with van der Waals surface area (Å²) in [6.07, 6.45) is 6.30. The van der Waals surface area contributed by atoms with Crippen molar-refractivity contribution in [2.45, 2.75) is 46.1 Å². The lowest BCUT2D eigenvalue weighted by Gasteiger charge is -2.32. The average Bonchev–Trinajstić information content (AvgIpc) is 2.80. The van der Waals surface area contributed by atoms with E-state index < -0.39 is 0 Å². The first-order chi connectivity index (χ1) is 9.17. The summed E-state index contributed by atoms with van der Waals surface area (Å²) >= 11 is 0. The van der Waals surface area contributed by atoms with Crippen LogP contribution in [0.1, 0.15) is 50.0 Å². The van der Waals surface area contributed by atoms with E-state index in [1.807, 2.05) is 11.8 Å². The summed E-state index contributed by atoms with van der Waals surface area (Å²) in [6.45, 7) is 6.55. The van der Waals surface area contributed by atoms with Gasteiger partial charge in [0.2, 0.25) is 0 Å². The van der Waals surface area contributed by atoms with Crippen molar-refractivity contribution in [3.05, 3.63) is 11.9 Å². The van der Waals surface area contributed by atoms with E-state index in [0.29, 0.717) is 17.9 Å². The fraction of sp³-hybridized carbons (Fsp3) is 0.714. The molecule has 1 aromatic heterocycles. The van der Waals surface area contributed by atoms with E-state index in [9.17, 15) is 4.79 Å². The van der Waals surface area contributed by atoms with Crippen molar-refractivity contribution in [1.82, 2.24) is 14.7 Å². The van der Waals surface area contributed by atoms with Gasteiger partial charge in [-0.05, 0) is 25.7 Å². The molecule has 0 atom stereocenters. The Labute approximate surface area is 114 Å². The first kappa shape index (κ1) is 13.9. The molecule has 1 amide bonds. The van der Waals surface area contributed by atoms with Crippen LogP contribution in [-0.2, 0) is 6.54 Å². The van der Waals surface area contributed by atoms with Gasteiger partial charge in [0.15, 0.2) is 0 Å². The molecule has 0 unspecified atom stereocenters. The van der Waals surface area contributed by atoms with Crippen LogP contribution in [0.15, 0.2) is 6.20 Å². The van der Waals surface area contributed by atoms with Crippen LogP contribution in [0.5, 0.6) is 0 Å². The number of hydrogen-bond donors (Lipinski definition) is 1. The summed E-state index contributed by atoms with van der Waals surface area (Å²) in [7, 11) is 0. The molecule has 1 aromatic rings. The SMILES string of the molecule is CCCC1CCN(C(=O)c2c(N)cnn2CC)CC1. The van der Waals surface area contributed by atoms with Crippen molar-refractivity contribution >= 4 is 11.6 Å². The molecule has 5 heteroatoms. The first-order valence-electron chi connectivity index (χ1n) is 7.27. The highest BCUT2D eigenvalue weighted by molar-refractivity contribution is 5.97. The monoisotopic (exact) mass is 264 g/mol. The number of amides is 1. The molecule has 2 heterocycles. The zero-order valence-electron chi connectivity index (χ0n) is 11.9. The van der Waals surface area contributed by atoms with Gasteiger partial charge in [0, 0.05) is 19.6 Å². The predicted octanol–water partition coefficient (Wildman–Crippen LogP) is 2.14. The van der Waals surface area contributed by atoms with Crippen LogP contribution in [0.3, 0.4) is 0 Å². The van der Waals surface area contributed by atoms with Gasteiger partial charge in [0.05, 0.1) is 11.9 Å². The van der Waals surface area contributed by atoms with Crippen molar-refractivity contribution < 1.29 is 4.79 Å². The van der Waals surface area contributed by atoms with E-state index in [2.05, 4.69) is 12.0 Å². The third-order valence-electron chi connectivity index (χ3n) is 3.97. The molecular formula is C14H24N4O. The Balaban J connectivity index is 2.03. The predicted molar refractivity (Wildman–Crippen MR) is 75.8 cm³/mol. The van der Waals surface area contributed by atoms with Crippen molar-refractivity contribution in [3.63, 3.8) is 0 Å². The van der Waals surface area contributed by atoms with Gasteiger partial charge in [-0.1, -0.05) is 19.8 Å². The normalized spacial score (nSPS) is 16.8. The number of nitrogens with two attached hydrogens (primary N) is 1. The number of aryl methyl sites for hydroxylation is 1. The minimum absolute atomic E-state index is 0.0341. The Bertz CT molecular complexity index is 433. The molecule has 0 radical (unpaired) electrons. The lowest BCUT2D eigenvalue weighted by atomic mass is 9.92. The number of hydrogen-bond acceptors (Lipinski definition) is 3. The van der Waals surface area contributed by atoms with Crippen LogP contribution in [0.4, 0.5) is 5.69 Å². The van der Waals surface area contributed by atoms with Crippen LogP contribution >= 0.6 is 0 Å². The molecule has 106 valence electrons. The molecular weight excluding hydrogens is 240 g/mol. The number of piperidine rings is 1. The molecule has 0 bridgehead atoms. The molecule has 5 nitrogen and oxygen atoms in total. The van der Waals surface area contributed by atoms with Gasteiger partial charge in [-0.2, -0.15) is 5.10 Å². The number of carbonyl (C=O) groups excluding carboxylic acids is 1. The molecule has 1 saturated heterocycles. The van der Waals surface area contributed by atoms with Gasteiger partial charge in [0.1, 0.15) is 5.69 Å². The summed E-state index contributed by atoms with van der Waals surface area (Å²) in [5.41, 5.74) is 6.91. The van der Waals surface area contributed by atoms with Crippen molar-refractivity contribution in [2.24, 2.45) is 5.92 Å². The summed E-state index contributed by atoms with van der Waals surface area (Å²) in [5.74, 6) is 0.814. The maximum absolute atomic E-state index is 12.5. The molecule has 19 heavy (non-hydrogen) atoms.